The molecule has 4 N–H and O–H groups in total. The molecule has 0 fully saturated rings. The molecule has 1 rings (SSSR count). The van der Waals surface area contributed by atoms with E-state index in [0.717, 1.165) is 4.57 Å². The fraction of sp³-hybridized carbons (Fsp3) is 0.250. The van der Waals surface area contributed by atoms with Crippen LogP contribution in [0.15, 0.2) is 12.3 Å². The molecule has 0 saturated heterocycles. The number of rotatable bonds is 3. The van der Waals surface area contributed by atoms with E-state index in [4.69, 9.17) is 16.4 Å². The van der Waals surface area contributed by atoms with Gasteiger partial charge in [0.25, 0.3) is 0 Å². The molecule has 0 aliphatic heterocycles. The summed E-state index contributed by atoms with van der Waals surface area (Å²) in [7, 11) is 0. The monoisotopic (exact) mass is 359 g/mol. The maximum atomic E-state index is 12.4. The van der Waals surface area contributed by atoms with Crippen molar-refractivity contribution in [1.29, 1.82) is 5.41 Å². The zero-order chi connectivity index (χ0) is 13.2. The average molecular weight is 359 g/mol. The third kappa shape index (κ3) is 3.52. The predicted octanol–water partition coefficient (Wildman–Crippen LogP) is -2.68. The van der Waals surface area contributed by atoms with Gasteiger partial charge in [-0.2, -0.15) is 0 Å². The molecule has 9 heteroatoms. The topological polar surface area (TPSA) is 100 Å². The molecule has 0 radical (unpaired) electrons. The van der Waals surface area contributed by atoms with Crippen LogP contribution in [0.4, 0.5) is 14.6 Å². The zero-order valence-corrected chi connectivity index (χ0v) is 10.9. The maximum absolute atomic E-state index is 12.4. The molecule has 1 heterocycles. The van der Waals surface area contributed by atoms with Crippen molar-refractivity contribution in [1.82, 2.24) is 3.44 Å². The van der Waals surface area contributed by atoms with Crippen LogP contribution >= 0.6 is 0 Å². The number of nitrogens with zero attached hydrogens (tertiary/aromatic N) is 2. The number of hydrogen-bond donors (Lipinski definition) is 3. The summed E-state index contributed by atoms with van der Waals surface area (Å²) in [6, 6.07) is 1.53. The Bertz CT molecular complexity index is 442. The van der Waals surface area contributed by atoms with Crippen molar-refractivity contribution < 1.29 is 40.0 Å². The minimum absolute atomic E-state index is 0.0125. The van der Waals surface area contributed by atoms with Gasteiger partial charge in [0.05, 0.1) is 0 Å². The first-order valence-corrected chi connectivity index (χ1v) is 6.37. The van der Waals surface area contributed by atoms with Crippen molar-refractivity contribution in [3.63, 3.8) is 0 Å². The van der Waals surface area contributed by atoms with E-state index in [1.165, 1.54) is 12.3 Å². The van der Waals surface area contributed by atoms with E-state index in [-0.39, 0.29) is 9.26 Å². The second-order valence-corrected chi connectivity index (χ2v) is 5.65. The van der Waals surface area contributed by atoms with Crippen molar-refractivity contribution in [2.24, 2.45) is 0 Å². The molecule has 0 aromatic carbocycles. The molecule has 6 nitrogen and oxygen atoms in total. The third-order valence-corrected chi connectivity index (χ3v) is 3.47. The van der Waals surface area contributed by atoms with Crippen LogP contribution < -0.4 is 31.8 Å². The van der Waals surface area contributed by atoms with Crippen molar-refractivity contribution in [2.75, 3.05) is 5.73 Å². The molecule has 0 spiro atoms. The van der Waals surface area contributed by atoms with Gasteiger partial charge in [-0.25, -0.2) is 0 Å². The van der Waals surface area contributed by atoms with E-state index in [1.807, 2.05) is 0 Å². The van der Waals surface area contributed by atoms with Gasteiger partial charge in [-0.05, 0) is 0 Å². The molecule has 0 aliphatic carbocycles. The fourth-order valence-electron chi connectivity index (χ4n) is 1.14. The molecular weight excluding hydrogens is 349 g/mol. The Balaban J connectivity index is 3.20. The molecule has 0 amide bonds. The van der Waals surface area contributed by atoms with Crippen LogP contribution in [0.3, 0.4) is 0 Å². The molecule has 96 valence electrons. The Morgan fingerprint density at radius 1 is 1.71 bits per heavy atom. The second kappa shape index (κ2) is 5.62. The third-order valence-electron chi connectivity index (χ3n) is 1.91. The SMILES string of the molecule is Cc1cc([I-]N([O-])O)c[n+](C(=N)C(F)F)c1N. The number of aryl methyl sites for hydroxylation is 1. The van der Waals surface area contributed by atoms with Crippen LogP contribution in [0.2, 0.25) is 0 Å². The van der Waals surface area contributed by atoms with Crippen molar-refractivity contribution in [3.05, 3.63) is 26.6 Å². The van der Waals surface area contributed by atoms with Gasteiger partial charge in [0.1, 0.15) is 0 Å². The van der Waals surface area contributed by atoms with Crippen LogP contribution in [0, 0.1) is 21.1 Å². The van der Waals surface area contributed by atoms with E-state index < -0.39 is 33.7 Å². The van der Waals surface area contributed by atoms with E-state index in [0.29, 0.717) is 9.13 Å². The molecule has 0 aliphatic rings. The second-order valence-electron chi connectivity index (χ2n) is 3.09. The van der Waals surface area contributed by atoms with Crippen LogP contribution in [0.5, 0.6) is 0 Å². The van der Waals surface area contributed by atoms with Gasteiger partial charge in [0, 0.05) is 0 Å². The van der Waals surface area contributed by atoms with Crippen LogP contribution in [0.1, 0.15) is 5.56 Å². The summed E-state index contributed by atoms with van der Waals surface area (Å²) in [6.45, 7) is 1.57. The summed E-state index contributed by atoms with van der Waals surface area (Å²) in [5.41, 5.74) is 6.03. The van der Waals surface area contributed by atoms with Crippen molar-refractivity contribution in [3.8, 4) is 0 Å². The fourth-order valence-corrected chi connectivity index (χ4v) is 2.62. The van der Waals surface area contributed by atoms with Gasteiger partial charge in [-0.3, -0.25) is 0 Å². The first kappa shape index (κ1) is 14.2. The van der Waals surface area contributed by atoms with E-state index in [2.05, 4.69) is 0 Å². The summed E-state index contributed by atoms with van der Waals surface area (Å²) in [5.74, 6) is -0.953. The van der Waals surface area contributed by atoms with Gasteiger partial charge < -0.3 is 0 Å². The Hall–Kier alpha value is -0.910. The van der Waals surface area contributed by atoms with E-state index in [1.54, 1.807) is 6.92 Å². The molecular formula is C8H10F2IN4O2-. The number of hydrogen-bond acceptors (Lipinski definition) is 5. The molecule has 0 unspecified atom stereocenters. The number of aromatic nitrogens is 1. The number of pyridine rings is 1. The van der Waals surface area contributed by atoms with E-state index in [9.17, 15) is 14.0 Å². The summed E-state index contributed by atoms with van der Waals surface area (Å²) in [5, 5.41) is 26.3. The van der Waals surface area contributed by atoms with Gasteiger partial charge in [-0.15, -0.1) is 0 Å². The van der Waals surface area contributed by atoms with Crippen LogP contribution in [0.25, 0.3) is 0 Å². The van der Waals surface area contributed by atoms with Crippen LogP contribution in [-0.2, 0) is 0 Å². The predicted molar refractivity (Wildman–Crippen MR) is 50.6 cm³/mol. The Kier molecular flexibility index (Phi) is 4.68. The summed E-state index contributed by atoms with van der Waals surface area (Å²) in [4.78, 5) is 0. The summed E-state index contributed by atoms with van der Waals surface area (Å²) < 4.78 is 25.8. The Morgan fingerprint density at radius 2 is 2.29 bits per heavy atom. The van der Waals surface area contributed by atoms with Gasteiger partial charge in [0.15, 0.2) is 0 Å². The molecule has 0 bridgehead atoms. The summed E-state index contributed by atoms with van der Waals surface area (Å²) >= 11 is -1.41. The quantitative estimate of drug-likeness (QED) is 0.137. The Morgan fingerprint density at radius 3 is 2.76 bits per heavy atom. The number of nitrogens with one attached hydrogen (secondary N) is 1. The van der Waals surface area contributed by atoms with Crippen molar-refractivity contribution >= 4 is 11.7 Å². The molecule has 1 aromatic heterocycles. The van der Waals surface area contributed by atoms with Crippen molar-refractivity contribution in [2.45, 2.75) is 13.3 Å². The number of alkyl halides is 2. The first-order chi connectivity index (χ1) is 7.82. The van der Waals surface area contributed by atoms with Crippen LogP contribution in [-0.4, -0.2) is 20.9 Å². The molecule has 0 saturated carbocycles. The van der Waals surface area contributed by atoms with Gasteiger partial charge in [-0.1, -0.05) is 0 Å². The standard InChI is InChI=1S/C8H9F2IN4O2/c1-4-2-5(11-15(16)17)3-14(7(4)12)8(13)6(9)10/h2-3,6,12-13,16H,1H3/q-2/p+1. The minimum atomic E-state index is -2.97. The summed E-state index contributed by atoms with van der Waals surface area (Å²) in [6.07, 6.45) is -1.79. The molecule has 17 heavy (non-hydrogen) atoms. The number of halogens is 3. The van der Waals surface area contributed by atoms with Gasteiger partial charge >= 0.3 is 106 Å². The Labute approximate surface area is 106 Å². The number of nitrogens with two attached hydrogens (primary N) is 1. The molecule has 0 atom stereocenters. The average Bonchev–Trinajstić information content (AvgIpc) is 2.21. The normalized spacial score (nSPS) is 11.5. The van der Waals surface area contributed by atoms with Gasteiger partial charge in [0.2, 0.25) is 0 Å². The first-order valence-electron chi connectivity index (χ1n) is 4.33. The number of anilines is 1. The number of nitrogen functional groups attached to an aromatic ring is 1. The molecule has 1 aromatic rings. The zero-order valence-electron chi connectivity index (χ0n) is 8.69. The van der Waals surface area contributed by atoms with E-state index >= 15 is 0 Å².